The fraction of sp³-hybridized carbons (Fsp3) is 0.500. The first kappa shape index (κ1) is 12.0. The smallest absolute Gasteiger partial charge is 0.223 e. The number of aromatic nitrogens is 2. The molecular weight excluding hydrogens is 216 g/mol. The maximum atomic E-state index is 9.15. The molecule has 0 radical (unpaired) electrons. The SMILES string of the molecule is CNc1cc(SCC(O)CO)nc(N)n1. The number of aliphatic hydroxyl groups excluding tert-OH is 2. The molecule has 0 bridgehead atoms. The van der Waals surface area contributed by atoms with Crippen LogP contribution in [0.15, 0.2) is 11.1 Å². The Kier molecular flexibility index (Phi) is 4.60. The maximum Gasteiger partial charge on any atom is 0.223 e. The lowest BCUT2D eigenvalue weighted by molar-refractivity contribution is 0.113. The van der Waals surface area contributed by atoms with Crippen molar-refractivity contribution in [2.75, 3.05) is 30.5 Å². The summed E-state index contributed by atoms with van der Waals surface area (Å²) in [6.45, 7) is -0.257. The normalized spacial score (nSPS) is 12.5. The quantitative estimate of drug-likeness (QED) is 0.401. The highest BCUT2D eigenvalue weighted by molar-refractivity contribution is 7.99. The largest absolute Gasteiger partial charge is 0.394 e. The van der Waals surface area contributed by atoms with Crippen molar-refractivity contribution in [2.45, 2.75) is 11.1 Å². The van der Waals surface area contributed by atoms with Crippen molar-refractivity contribution in [3.8, 4) is 0 Å². The van der Waals surface area contributed by atoms with Gasteiger partial charge in [0.15, 0.2) is 0 Å². The zero-order valence-electron chi connectivity index (χ0n) is 8.34. The van der Waals surface area contributed by atoms with Crippen molar-refractivity contribution < 1.29 is 10.2 Å². The summed E-state index contributed by atoms with van der Waals surface area (Å²) in [7, 11) is 1.73. The molecule has 7 heteroatoms. The number of nitrogen functional groups attached to an aromatic ring is 1. The molecule has 1 aromatic heterocycles. The van der Waals surface area contributed by atoms with E-state index in [2.05, 4.69) is 15.3 Å². The highest BCUT2D eigenvalue weighted by atomic mass is 32.2. The molecule has 6 nitrogen and oxygen atoms in total. The Morgan fingerprint density at radius 3 is 2.93 bits per heavy atom. The summed E-state index contributed by atoms with van der Waals surface area (Å²) in [5.41, 5.74) is 5.49. The molecule has 0 fully saturated rings. The van der Waals surface area contributed by atoms with Gasteiger partial charge in [-0.05, 0) is 0 Å². The van der Waals surface area contributed by atoms with Crippen molar-refractivity contribution in [3.05, 3.63) is 6.07 Å². The van der Waals surface area contributed by atoms with Gasteiger partial charge in [0, 0.05) is 18.9 Å². The monoisotopic (exact) mass is 230 g/mol. The number of nitrogens with two attached hydrogens (primary N) is 1. The average molecular weight is 230 g/mol. The molecule has 0 saturated heterocycles. The van der Waals surface area contributed by atoms with Gasteiger partial charge in [-0.2, -0.15) is 4.98 Å². The highest BCUT2D eigenvalue weighted by Gasteiger charge is 2.06. The van der Waals surface area contributed by atoms with Gasteiger partial charge in [-0.1, -0.05) is 0 Å². The minimum absolute atomic E-state index is 0.183. The van der Waals surface area contributed by atoms with Crippen LogP contribution in [-0.2, 0) is 0 Å². The predicted octanol–water partition coefficient (Wildman–Crippen LogP) is -0.454. The zero-order chi connectivity index (χ0) is 11.3. The molecule has 0 aliphatic rings. The molecule has 1 aromatic rings. The topological polar surface area (TPSA) is 104 Å². The first-order valence-electron chi connectivity index (χ1n) is 4.39. The molecular formula is C8H14N4O2S. The van der Waals surface area contributed by atoms with Gasteiger partial charge in [0.25, 0.3) is 0 Å². The third kappa shape index (κ3) is 3.90. The van der Waals surface area contributed by atoms with Gasteiger partial charge in [0.1, 0.15) is 10.8 Å². The van der Waals surface area contributed by atoms with E-state index in [-0.39, 0.29) is 12.6 Å². The fourth-order valence-corrected chi connectivity index (χ4v) is 1.70. The molecule has 0 amide bonds. The van der Waals surface area contributed by atoms with Crippen LogP contribution < -0.4 is 11.1 Å². The maximum absolute atomic E-state index is 9.15. The highest BCUT2D eigenvalue weighted by Crippen LogP contribution is 2.19. The molecule has 1 rings (SSSR count). The van der Waals surface area contributed by atoms with Crippen LogP contribution in [0.5, 0.6) is 0 Å². The van der Waals surface area contributed by atoms with Crippen molar-refractivity contribution in [1.82, 2.24) is 9.97 Å². The Morgan fingerprint density at radius 1 is 1.60 bits per heavy atom. The first-order valence-corrected chi connectivity index (χ1v) is 5.38. The molecule has 0 aromatic carbocycles. The van der Waals surface area contributed by atoms with Gasteiger partial charge in [-0.15, -0.1) is 11.8 Å². The molecule has 5 N–H and O–H groups in total. The van der Waals surface area contributed by atoms with Crippen LogP contribution in [0.3, 0.4) is 0 Å². The van der Waals surface area contributed by atoms with Gasteiger partial charge in [0.05, 0.1) is 12.7 Å². The van der Waals surface area contributed by atoms with E-state index in [0.717, 1.165) is 0 Å². The molecule has 15 heavy (non-hydrogen) atoms. The molecule has 0 spiro atoms. The van der Waals surface area contributed by atoms with Gasteiger partial charge in [-0.3, -0.25) is 0 Å². The second kappa shape index (κ2) is 5.74. The van der Waals surface area contributed by atoms with E-state index in [1.54, 1.807) is 13.1 Å². The second-order valence-corrected chi connectivity index (χ2v) is 3.89. The van der Waals surface area contributed by atoms with E-state index in [1.165, 1.54) is 11.8 Å². The Bertz CT molecular complexity index is 324. The summed E-state index contributed by atoms with van der Waals surface area (Å²) in [4.78, 5) is 7.91. The van der Waals surface area contributed by atoms with E-state index in [4.69, 9.17) is 15.9 Å². The van der Waals surface area contributed by atoms with E-state index >= 15 is 0 Å². The van der Waals surface area contributed by atoms with Gasteiger partial charge >= 0.3 is 0 Å². The molecule has 1 unspecified atom stereocenters. The molecule has 0 aliphatic heterocycles. The molecule has 0 saturated carbocycles. The molecule has 84 valence electrons. The summed E-state index contributed by atoms with van der Waals surface area (Å²) >= 11 is 1.32. The first-order chi connectivity index (χ1) is 7.15. The lowest BCUT2D eigenvalue weighted by atomic mass is 10.4. The van der Waals surface area contributed by atoms with Crippen molar-refractivity contribution >= 4 is 23.5 Å². The molecule has 1 atom stereocenters. The zero-order valence-corrected chi connectivity index (χ0v) is 9.16. The van der Waals surface area contributed by atoms with Gasteiger partial charge in [-0.25, -0.2) is 4.98 Å². The Balaban J connectivity index is 2.64. The van der Waals surface area contributed by atoms with Crippen molar-refractivity contribution in [2.24, 2.45) is 0 Å². The summed E-state index contributed by atoms with van der Waals surface area (Å²) in [5, 5.41) is 21.3. The average Bonchev–Trinajstić information content (AvgIpc) is 2.25. The minimum atomic E-state index is -0.746. The van der Waals surface area contributed by atoms with Gasteiger partial charge < -0.3 is 21.3 Å². The van der Waals surface area contributed by atoms with Crippen LogP contribution in [-0.4, -0.2) is 45.7 Å². The number of hydrogen-bond acceptors (Lipinski definition) is 7. The van der Waals surface area contributed by atoms with Crippen LogP contribution >= 0.6 is 11.8 Å². The fourth-order valence-electron chi connectivity index (χ4n) is 0.879. The summed E-state index contributed by atoms with van der Waals surface area (Å²) in [6, 6.07) is 1.73. The van der Waals surface area contributed by atoms with Crippen LogP contribution in [0.2, 0.25) is 0 Å². The summed E-state index contributed by atoms with van der Waals surface area (Å²) in [5.74, 6) is 1.18. The van der Waals surface area contributed by atoms with E-state index in [9.17, 15) is 0 Å². The van der Waals surface area contributed by atoms with Crippen LogP contribution in [0, 0.1) is 0 Å². The third-order valence-corrected chi connectivity index (χ3v) is 2.67. The lowest BCUT2D eigenvalue weighted by Crippen LogP contribution is -2.14. The number of thioether (sulfide) groups is 1. The van der Waals surface area contributed by atoms with E-state index < -0.39 is 6.10 Å². The van der Waals surface area contributed by atoms with Crippen LogP contribution in [0.4, 0.5) is 11.8 Å². The third-order valence-electron chi connectivity index (χ3n) is 1.61. The van der Waals surface area contributed by atoms with E-state index in [1.807, 2.05) is 0 Å². The Labute approximate surface area is 91.9 Å². The van der Waals surface area contributed by atoms with Crippen LogP contribution in [0.1, 0.15) is 0 Å². The molecule has 0 aliphatic carbocycles. The number of rotatable bonds is 5. The number of anilines is 2. The van der Waals surface area contributed by atoms with E-state index in [0.29, 0.717) is 16.6 Å². The number of aliphatic hydroxyl groups is 2. The standard InChI is InChI=1S/C8H14N4O2S/c1-10-6-2-7(12-8(9)11-6)15-4-5(14)3-13/h2,5,13-14H,3-4H2,1H3,(H3,9,10,11,12). The Hall–Kier alpha value is -1.05. The van der Waals surface area contributed by atoms with Crippen LogP contribution in [0.25, 0.3) is 0 Å². The lowest BCUT2D eigenvalue weighted by Gasteiger charge is -2.07. The van der Waals surface area contributed by atoms with Crippen molar-refractivity contribution in [1.29, 1.82) is 0 Å². The number of hydrogen-bond donors (Lipinski definition) is 4. The Morgan fingerprint density at radius 2 is 2.33 bits per heavy atom. The number of nitrogens with one attached hydrogen (secondary N) is 1. The predicted molar refractivity (Wildman–Crippen MR) is 59.8 cm³/mol. The summed E-state index contributed by atoms with van der Waals surface area (Å²) in [6.07, 6.45) is -0.746. The second-order valence-electron chi connectivity index (χ2n) is 2.85. The van der Waals surface area contributed by atoms with Gasteiger partial charge in [0.2, 0.25) is 5.95 Å². The number of nitrogens with zero attached hydrogens (tertiary/aromatic N) is 2. The van der Waals surface area contributed by atoms with Crippen molar-refractivity contribution in [3.63, 3.8) is 0 Å². The minimum Gasteiger partial charge on any atom is -0.394 e. The molecule has 1 heterocycles. The summed E-state index contributed by atoms with van der Waals surface area (Å²) < 4.78 is 0.